The molecule has 178 valence electrons. The zero-order valence-corrected chi connectivity index (χ0v) is 19.2. The summed E-state index contributed by atoms with van der Waals surface area (Å²) < 4.78 is 11.8. The molecule has 1 aromatic carbocycles. The second-order valence-electron chi connectivity index (χ2n) is 7.35. The molecular weight excluding hydrogens is 474 g/mol. The summed E-state index contributed by atoms with van der Waals surface area (Å²) in [5, 5.41) is 27.7. The van der Waals surface area contributed by atoms with Crippen LogP contribution in [0.25, 0.3) is 0 Å². The van der Waals surface area contributed by atoms with Crippen LogP contribution >= 0.6 is 12.4 Å². The molecule has 0 bridgehead atoms. The molecule has 3 heterocycles. The first-order chi connectivity index (χ1) is 15.4. The van der Waals surface area contributed by atoms with Crippen LogP contribution in [0, 0.1) is 10.1 Å². The van der Waals surface area contributed by atoms with Crippen LogP contribution in [0.15, 0.2) is 24.3 Å². The molecule has 0 saturated carbocycles. The summed E-state index contributed by atoms with van der Waals surface area (Å²) in [5.41, 5.74) is -0.172. The molecule has 1 aromatic heterocycles. The predicted octanol–water partition coefficient (Wildman–Crippen LogP) is 1.23. The van der Waals surface area contributed by atoms with Gasteiger partial charge in [0.25, 0.3) is 0 Å². The molecule has 14 heteroatoms. The highest BCUT2D eigenvalue weighted by atomic mass is 35.5. The maximum absolute atomic E-state index is 12.1. The van der Waals surface area contributed by atoms with Crippen LogP contribution in [-0.4, -0.2) is 81.0 Å². The molecule has 4 rings (SSSR count). The van der Waals surface area contributed by atoms with Crippen molar-refractivity contribution in [3.8, 4) is 0 Å². The van der Waals surface area contributed by atoms with Gasteiger partial charge < -0.3 is 25.5 Å². The number of carbonyl (C=O) groups is 1. The second kappa shape index (κ2) is 10.7. The molecule has 0 atom stereocenters. The lowest BCUT2D eigenvalue weighted by atomic mass is 10.2. The molecule has 3 N–H and O–H groups in total. The number of para-hydroxylation sites is 1. The molecular formula is C19H24ClN7O5S. The molecule has 0 radical (unpaired) electrons. The molecule has 0 amide bonds. The van der Waals surface area contributed by atoms with Crippen LogP contribution in [0.5, 0.6) is 0 Å². The van der Waals surface area contributed by atoms with E-state index in [2.05, 4.69) is 20.6 Å². The third kappa shape index (κ3) is 5.49. The Hall–Kier alpha value is -3.03. The number of halogens is 1. The number of aromatic nitrogens is 2. The average molecular weight is 498 g/mol. The summed E-state index contributed by atoms with van der Waals surface area (Å²) in [5.74, 6) is 0.0307. The van der Waals surface area contributed by atoms with Crippen molar-refractivity contribution in [1.29, 1.82) is 0 Å². The SMILES string of the molecule is Cl.O=C(O)c1ccccc1Nc1nc(N2CCNCC2)nc(N2CCS(=O)CC2)c1[N+](=O)[O-]. The van der Waals surface area contributed by atoms with Gasteiger partial charge in [0.05, 0.1) is 16.2 Å². The van der Waals surface area contributed by atoms with Gasteiger partial charge >= 0.3 is 11.7 Å². The van der Waals surface area contributed by atoms with Gasteiger partial charge in [0.2, 0.25) is 17.6 Å². The van der Waals surface area contributed by atoms with Crippen molar-refractivity contribution in [2.75, 3.05) is 65.9 Å². The number of carboxylic acids is 1. The minimum Gasteiger partial charge on any atom is -0.478 e. The first-order valence-corrected chi connectivity index (χ1v) is 11.6. The number of carboxylic acid groups (broad SMARTS) is 1. The normalized spacial score (nSPS) is 16.7. The van der Waals surface area contributed by atoms with Crippen LogP contribution in [0.2, 0.25) is 0 Å². The summed E-state index contributed by atoms with van der Waals surface area (Å²) >= 11 is 0. The standard InChI is InChI=1S/C19H23N7O5S.ClH/c27-18(28)13-3-1-2-4-14(13)21-16-15(26(29)30)17(24-9-11-32(31)12-10-24)23-19(22-16)25-7-5-20-6-8-25;/h1-4,20H,5-12H2,(H,27,28)(H,21,22,23);1H. The Balaban J connectivity index is 0.00000306. The maximum atomic E-state index is 12.1. The fourth-order valence-electron chi connectivity index (χ4n) is 3.67. The highest BCUT2D eigenvalue weighted by Crippen LogP contribution is 2.37. The molecule has 2 aliphatic rings. The number of piperazine rings is 1. The highest BCUT2D eigenvalue weighted by Gasteiger charge is 2.32. The monoisotopic (exact) mass is 497 g/mol. The number of nitrogens with zero attached hydrogens (tertiary/aromatic N) is 5. The van der Waals surface area contributed by atoms with Crippen molar-refractivity contribution in [3.05, 3.63) is 39.9 Å². The Morgan fingerprint density at radius 3 is 2.42 bits per heavy atom. The molecule has 12 nitrogen and oxygen atoms in total. The van der Waals surface area contributed by atoms with E-state index >= 15 is 0 Å². The predicted molar refractivity (Wildman–Crippen MR) is 128 cm³/mol. The van der Waals surface area contributed by atoms with Crippen molar-refractivity contribution in [1.82, 2.24) is 15.3 Å². The van der Waals surface area contributed by atoms with Crippen LogP contribution in [0.4, 0.5) is 29.0 Å². The number of anilines is 4. The average Bonchev–Trinajstić information content (AvgIpc) is 2.79. The number of hydrogen-bond acceptors (Lipinski definition) is 10. The lowest BCUT2D eigenvalue weighted by Gasteiger charge is -2.31. The Labute approximate surface area is 198 Å². The molecule has 2 saturated heterocycles. The fourth-order valence-corrected chi connectivity index (χ4v) is 4.72. The van der Waals surface area contributed by atoms with E-state index in [0.29, 0.717) is 43.6 Å². The summed E-state index contributed by atoms with van der Waals surface area (Å²) in [4.78, 5) is 35.8. The lowest BCUT2D eigenvalue weighted by molar-refractivity contribution is -0.383. The van der Waals surface area contributed by atoms with E-state index in [1.165, 1.54) is 12.1 Å². The van der Waals surface area contributed by atoms with Crippen molar-refractivity contribution >= 4 is 58.1 Å². The number of hydrogen-bond donors (Lipinski definition) is 3. The van der Waals surface area contributed by atoms with Crippen LogP contribution in [0.3, 0.4) is 0 Å². The molecule has 2 fully saturated rings. The minimum absolute atomic E-state index is 0. The van der Waals surface area contributed by atoms with E-state index < -0.39 is 21.7 Å². The van der Waals surface area contributed by atoms with E-state index in [4.69, 9.17) is 0 Å². The summed E-state index contributed by atoms with van der Waals surface area (Å²) in [6, 6.07) is 6.16. The third-order valence-corrected chi connectivity index (χ3v) is 6.60. The van der Waals surface area contributed by atoms with Gasteiger partial charge in [0.1, 0.15) is 0 Å². The first kappa shape index (κ1) is 24.6. The summed E-state index contributed by atoms with van der Waals surface area (Å²) in [6.07, 6.45) is 0. The lowest BCUT2D eigenvalue weighted by Crippen LogP contribution is -2.45. The van der Waals surface area contributed by atoms with Crippen molar-refractivity contribution in [2.24, 2.45) is 0 Å². The highest BCUT2D eigenvalue weighted by molar-refractivity contribution is 7.85. The molecule has 33 heavy (non-hydrogen) atoms. The minimum atomic E-state index is -1.16. The van der Waals surface area contributed by atoms with E-state index in [9.17, 15) is 24.2 Å². The number of nitro groups is 1. The van der Waals surface area contributed by atoms with Crippen molar-refractivity contribution in [2.45, 2.75) is 0 Å². The van der Waals surface area contributed by atoms with Gasteiger partial charge in [-0.2, -0.15) is 9.97 Å². The maximum Gasteiger partial charge on any atom is 0.353 e. The van der Waals surface area contributed by atoms with Gasteiger partial charge in [-0.1, -0.05) is 12.1 Å². The van der Waals surface area contributed by atoms with Gasteiger partial charge in [0.15, 0.2) is 0 Å². The Kier molecular flexibility index (Phi) is 8.00. The van der Waals surface area contributed by atoms with Gasteiger partial charge in [0, 0.05) is 61.6 Å². The van der Waals surface area contributed by atoms with E-state index in [-0.39, 0.29) is 41.0 Å². The molecule has 0 spiro atoms. The largest absolute Gasteiger partial charge is 0.478 e. The molecule has 0 aliphatic carbocycles. The summed E-state index contributed by atoms with van der Waals surface area (Å²) in [7, 11) is -0.961. The Morgan fingerprint density at radius 2 is 1.79 bits per heavy atom. The zero-order chi connectivity index (χ0) is 22.7. The molecule has 2 aliphatic heterocycles. The van der Waals surface area contributed by atoms with Crippen LogP contribution in [-0.2, 0) is 10.8 Å². The van der Waals surface area contributed by atoms with E-state index in [1.807, 2.05) is 4.90 Å². The topological polar surface area (TPSA) is 154 Å². The van der Waals surface area contributed by atoms with Crippen LogP contribution in [0.1, 0.15) is 10.4 Å². The number of nitrogens with one attached hydrogen (secondary N) is 2. The zero-order valence-electron chi connectivity index (χ0n) is 17.6. The molecule has 2 aromatic rings. The number of rotatable bonds is 6. The third-order valence-electron chi connectivity index (χ3n) is 5.32. The van der Waals surface area contributed by atoms with Gasteiger partial charge in [-0.25, -0.2) is 4.79 Å². The fraction of sp³-hybridized carbons (Fsp3) is 0.421. The van der Waals surface area contributed by atoms with Crippen LogP contribution < -0.4 is 20.4 Å². The Morgan fingerprint density at radius 1 is 1.12 bits per heavy atom. The Bertz CT molecular complexity index is 1060. The van der Waals surface area contributed by atoms with Gasteiger partial charge in [-0.05, 0) is 12.1 Å². The van der Waals surface area contributed by atoms with E-state index in [1.54, 1.807) is 17.0 Å². The van der Waals surface area contributed by atoms with Crippen molar-refractivity contribution < 1.29 is 19.0 Å². The quantitative estimate of drug-likeness (QED) is 0.390. The number of aromatic carboxylic acids is 1. The smallest absolute Gasteiger partial charge is 0.353 e. The second-order valence-corrected chi connectivity index (χ2v) is 9.05. The van der Waals surface area contributed by atoms with Gasteiger partial charge in [-0.15, -0.1) is 12.4 Å². The van der Waals surface area contributed by atoms with Gasteiger partial charge in [-0.3, -0.25) is 14.3 Å². The van der Waals surface area contributed by atoms with Crippen molar-refractivity contribution in [3.63, 3.8) is 0 Å². The van der Waals surface area contributed by atoms with E-state index in [0.717, 1.165) is 13.1 Å². The summed E-state index contributed by atoms with van der Waals surface area (Å²) in [6.45, 7) is 3.46. The number of benzene rings is 1. The first-order valence-electron chi connectivity index (χ1n) is 10.2. The molecule has 0 unspecified atom stereocenters.